The van der Waals surface area contributed by atoms with Gasteiger partial charge in [0.2, 0.25) is 5.91 Å². The third-order valence-corrected chi connectivity index (χ3v) is 2.95. The molecule has 1 heterocycles. The second kappa shape index (κ2) is 5.61. The van der Waals surface area contributed by atoms with Crippen LogP contribution in [0.5, 0.6) is 0 Å². The van der Waals surface area contributed by atoms with Gasteiger partial charge in [-0.25, -0.2) is 4.39 Å². The molecule has 4 nitrogen and oxygen atoms in total. The number of rotatable bonds is 2. The van der Waals surface area contributed by atoms with E-state index in [9.17, 15) is 9.18 Å². The lowest BCUT2D eigenvalue weighted by Gasteiger charge is -2.21. The lowest BCUT2D eigenvalue weighted by molar-refractivity contribution is -0.122. The van der Waals surface area contributed by atoms with Gasteiger partial charge in [0.05, 0.1) is 11.3 Å². The molecule has 0 aromatic heterocycles. The Morgan fingerprint density at radius 2 is 2.17 bits per heavy atom. The molecule has 0 unspecified atom stereocenters. The molecule has 1 N–H and O–H groups in total. The monoisotopic (exact) mass is 248 g/mol. The summed E-state index contributed by atoms with van der Waals surface area (Å²) in [6.07, 6.45) is 1.35. The van der Waals surface area contributed by atoms with Crippen molar-refractivity contribution in [3.63, 3.8) is 0 Å². The minimum atomic E-state index is -0.490. The molecule has 1 amide bonds. The Kier molecular flexibility index (Phi) is 3.90. The Labute approximate surface area is 104 Å². The maximum Gasteiger partial charge on any atom is 0.227 e. The van der Waals surface area contributed by atoms with Crippen LogP contribution in [0.4, 0.5) is 10.1 Å². The van der Waals surface area contributed by atoms with Crippen molar-refractivity contribution >= 4 is 11.6 Å². The Bertz CT molecular complexity index is 490. The van der Waals surface area contributed by atoms with Gasteiger partial charge in [-0.2, -0.15) is 5.26 Å². The lowest BCUT2D eigenvalue weighted by atomic mass is 9.99. The number of ether oxygens (including phenoxy) is 1. The Morgan fingerprint density at radius 1 is 1.44 bits per heavy atom. The van der Waals surface area contributed by atoms with E-state index in [4.69, 9.17) is 10.00 Å². The number of nitrogens with one attached hydrogen (secondary N) is 1. The molecule has 0 aliphatic carbocycles. The molecule has 1 fully saturated rings. The predicted molar refractivity (Wildman–Crippen MR) is 63.3 cm³/mol. The van der Waals surface area contributed by atoms with E-state index in [0.717, 1.165) is 6.07 Å². The van der Waals surface area contributed by atoms with Crippen molar-refractivity contribution in [2.75, 3.05) is 18.5 Å². The third kappa shape index (κ3) is 2.84. The van der Waals surface area contributed by atoms with Crippen LogP contribution in [0, 0.1) is 23.1 Å². The molecule has 0 bridgehead atoms. The standard InChI is InChI=1S/C13H13FN2O2/c14-11-1-2-12(10(7-11)8-15)16-13(17)9-3-5-18-6-4-9/h1-2,7,9H,3-6H2,(H,16,17). The molecular weight excluding hydrogens is 235 g/mol. The highest BCUT2D eigenvalue weighted by molar-refractivity contribution is 5.93. The van der Waals surface area contributed by atoms with Crippen molar-refractivity contribution in [1.29, 1.82) is 5.26 Å². The van der Waals surface area contributed by atoms with E-state index in [0.29, 0.717) is 31.7 Å². The summed E-state index contributed by atoms with van der Waals surface area (Å²) in [5.41, 5.74) is 0.491. The summed E-state index contributed by atoms with van der Waals surface area (Å²) in [6, 6.07) is 5.61. The fourth-order valence-electron chi connectivity index (χ4n) is 1.91. The predicted octanol–water partition coefficient (Wildman–Crippen LogP) is 2.06. The van der Waals surface area contributed by atoms with Gasteiger partial charge in [-0.3, -0.25) is 4.79 Å². The average Bonchev–Trinajstić information content (AvgIpc) is 2.41. The number of nitrogens with zero attached hydrogens (tertiary/aromatic N) is 1. The van der Waals surface area contributed by atoms with Crippen molar-refractivity contribution < 1.29 is 13.9 Å². The molecular formula is C13H13FN2O2. The Morgan fingerprint density at radius 3 is 2.83 bits per heavy atom. The molecule has 1 aliphatic rings. The summed E-state index contributed by atoms with van der Waals surface area (Å²) in [4.78, 5) is 12.0. The number of halogens is 1. The van der Waals surface area contributed by atoms with E-state index in [1.165, 1.54) is 12.1 Å². The number of nitriles is 1. The van der Waals surface area contributed by atoms with Gasteiger partial charge in [0, 0.05) is 19.1 Å². The summed E-state index contributed by atoms with van der Waals surface area (Å²) in [7, 11) is 0. The highest BCUT2D eigenvalue weighted by Gasteiger charge is 2.22. The molecule has 0 atom stereocenters. The molecule has 1 aromatic carbocycles. The number of hydrogen-bond donors (Lipinski definition) is 1. The number of hydrogen-bond acceptors (Lipinski definition) is 3. The van der Waals surface area contributed by atoms with Crippen molar-refractivity contribution in [2.45, 2.75) is 12.8 Å². The summed E-state index contributed by atoms with van der Waals surface area (Å²) >= 11 is 0. The van der Waals surface area contributed by atoms with Crippen molar-refractivity contribution in [3.05, 3.63) is 29.6 Å². The molecule has 0 radical (unpaired) electrons. The van der Waals surface area contributed by atoms with Gasteiger partial charge in [0.15, 0.2) is 0 Å². The van der Waals surface area contributed by atoms with Crippen molar-refractivity contribution in [1.82, 2.24) is 0 Å². The van der Waals surface area contributed by atoms with Crippen LogP contribution in [0.3, 0.4) is 0 Å². The van der Waals surface area contributed by atoms with E-state index < -0.39 is 5.82 Å². The number of benzene rings is 1. The summed E-state index contributed by atoms with van der Waals surface area (Å²) in [5.74, 6) is -0.729. The zero-order valence-corrected chi connectivity index (χ0v) is 9.78. The Hall–Kier alpha value is -1.93. The second-order valence-corrected chi connectivity index (χ2v) is 4.18. The first-order valence-corrected chi connectivity index (χ1v) is 5.79. The van der Waals surface area contributed by atoms with E-state index in [2.05, 4.69) is 5.32 Å². The summed E-state index contributed by atoms with van der Waals surface area (Å²) in [6.45, 7) is 1.15. The molecule has 1 aliphatic heterocycles. The normalized spacial score (nSPS) is 16.0. The highest BCUT2D eigenvalue weighted by Crippen LogP contribution is 2.20. The zero-order valence-electron chi connectivity index (χ0n) is 9.78. The smallest absolute Gasteiger partial charge is 0.227 e. The quantitative estimate of drug-likeness (QED) is 0.871. The first kappa shape index (κ1) is 12.5. The number of carbonyl (C=O) groups excluding carboxylic acids is 1. The maximum absolute atomic E-state index is 12.9. The molecule has 2 rings (SSSR count). The molecule has 1 aromatic rings. The van der Waals surface area contributed by atoms with Gasteiger partial charge in [-0.05, 0) is 31.0 Å². The van der Waals surface area contributed by atoms with Gasteiger partial charge >= 0.3 is 0 Å². The van der Waals surface area contributed by atoms with Crippen LogP contribution in [0.25, 0.3) is 0 Å². The molecule has 1 saturated heterocycles. The van der Waals surface area contributed by atoms with Gasteiger partial charge in [-0.1, -0.05) is 0 Å². The fourth-order valence-corrected chi connectivity index (χ4v) is 1.91. The lowest BCUT2D eigenvalue weighted by Crippen LogP contribution is -2.28. The third-order valence-electron chi connectivity index (χ3n) is 2.95. The SMILES string of the molecule is N#Cc1cc(F)ccc1NC(=O)C1CCOCC1. The topological polar surface area (TPSA) is 62.1 Å². The van der Waals surface area contributed by atoms with Crippen LogP contribution < -0.4 is 5.32 Å². The zero-order chi connectivity index (χ0) is 13.0. The van der Waals surface area contributed by atoms with Crippen molar-refractivity contribution in [3.8, 4) is 6.07 Å². The number of amides is 1. The van der Waals surface area contributed by atoms with Crippen LogP contribution in [0.1, 0.15) is 18.4 Å². The van der Waals surface area contributed by atoms with E-state index in [-0.39, 0.29) is 17.4 Å². The minimum Gasteiger partial charge on any atom is -0.381 e. The number of carbonyl (C=O) groups is 1. The number of anilines is 1. The largest absolute Gasteiger partial charge is 0.381 e. The van der Waals surface area contributed by atoms with Gasteiger partial charge in [0.25, 0.3) is 0 Å². The minimum absolute atomic E-state index is 0.102. The first-order chi connectivity index (χ1) is 8.70. The molecule has 0 saturated carbocycles. The van der Waals surface area contributed by atoms with Crippen LogP contribution in [0.15, 0.2) is 18.2 Å². The van der Waals surface area contributed by atoms with Crippen molar-refractivity contribution in [2.24, 2.45) is 5.92 Å². The fraction of sp³-hybridized carbons (Fsp3) is 0.385. The van der Waals surface area contributed by atoms with Crippen LogP contribution in [-0.2, 0) is 9.53 Å². The first-order valence-electron chi connectivity index (χ1n) is 5.79. The van der Waals surface area contributed by atoms with Crippen LogP contribution >= 0.6 is 0 Å². The van der Waals surface area contributed by atoms with Gasteiger partial charge < -0.3 is 10.1 Å². The van der Waals surface area contributed by atoms with Crippen LogP contribution in [-0.4, -0.2) is 19.1 Å². The van der Waals surface area contributed by atoms with E-state index in [1.807, 2.05) is 6.07 Å². The summed E-state index contributed by atoms with van der Waals surface area (Å²) in [5, 5.41) is 11.6. The Balaban J connectivity index is 2.09. The maximum atomic E-state index is 12.9. The second-order valence-electron chi connectivity index (χ2n) is 4.18. The average molecular weight is 248 g/mol. The molecule has 94 valence electrons. The molecule has 18 heavy (non-hydrogen) atoms. The van der Waals surface area contributed by atoms with Crippen LogP contribution in [0.2, 0.25) is 0 Å². The van der Waals surface area contributed by atoms with Gasteiger partial charge in [0.1, 0.15) is 11.9 Å². The molecule has 0 spiro atoms. The highest BCUT2D eigenvalue weighted by atomic mass is 19.1. The van der Waals surface area contributed by atoms with E-state index >= 15 is 0 Å². The van der Waals surface area contributed by atoms with Gasteiger partial charge in [-0.15, -0.1) is 0 Å². The summed E-state index contributed by atoms with van der Waals surface area (Å²) < 4.78 is 18.1. The molecule has 5 heteroatoms. The van der Waals surface area contributed by atoms with E-state index in [1.54, 1.807) is 0 Å².